The SMILES string of the molecule is Cc1ccccc1NC(=O)C1CCN(c2ncc(C(F)(F)F)cc2Cl)CC1. The van der Waals surface area contributed by atoms with E-state index in [1.807, 2.05) is 36.1 Å². The van der Waals surface area contributed by atoms with Gasteiger partial charge in [0, 0.05) is 30.9 Å². The van der Waals surface area contributed by atoms with Gasteiger partial charge in [0.1, 0.15) is 5.82 Å². The molecule has 0 spiro atoms. The maximum Gasteiger partial charge on any atom is 0.417 e. The van der Waals surface area contributed by atoms with Crippen LogP contribution in [0.3, 0.4) is 0 Å². The Morgan fingerprint density at radius 2 is 1.93 bits per heavy atom. The van der Waals surface area contributed by atoms with Crippen LogP contribution in [-0.4, -0.2) is 24.0 Å². The molecule has 1 fully saturated rings. The van der Waals surface area contributed by atoms with Gasteiger partial charge in [0.2, 0.25) is 5.91 Å². The number of hydrogen-bond acceptors (Lipinski definition) is 3. The normalized spacial score (nSPS) is 15.7. The monoisotopic (exact) mass is 397 g/mol. The van der Waals surface area contributed by atoms with E-state index in [2.05, 4.69) is 10.3 Å². The van der Waals surface area contributed by atoms with E-state index >= 15 is 0 Å². The van der Waals surface area contributed by atoms with Crippen molar-refractivity contribution in [3.05, 3.63) is 52.7 Å². The van der Waals surface area contributed by atoms with Gasteiger partial charge in [-0.1, -0.05) is 29.8 Å². The number of hydrogen-bond donors (Lipinski definition) is 1. The van der Waals surface area contributed by atoms with Crippen LogP contribution >= 0.6 is 11.6 Å². The lowest BCUT2D eigenvalue weighted by Gasteiger charge is -2.32. The lowest BCUT2D eigenvalue weighted by Crippen LogP contribution is -2.38. The summed E-state index contributed by atoms with van der Waals surface area (Å²) < 4.78 is 38.2. The molecule has 27 heavy (non-hydrogen) atoms. The summed E-state index contributed by atoms with van der Waals surface area (Å²) in [5, 5.41) is 2.91. The highest BCUT2D eigenvalue weighted by Gasteiger charge is 2.33. The molecule has 1 saturated heterocycles. The maximum absolute atomic E-state index is 12.7. The molecule has 0 aliphatic carbocycles. The van der Waals surface area contributed by atoms with Gasteiger partial charge in [0.05, 0.1) is 10.6 Å². The Labute approximate surface area is 160 Å². The second-order valence-electron chi connectivity index (χ2n) is 6.59. The summed E-state index contributed by atoms with van der Waals surface area (Å²) in [4.78, 5) is 18.2. The summed E-state index contributed by atoms with van der Waals surface area (Å²) in [6.07, 6.45) is -2.53. The van der Waals surface area contributed by atoms with Crippen LogP contribution in [0.4, 0.5) is 24.7 Å². The minimum Gasteiger partial charge on any atom is -0.355 e. The fourth-order valence-corrected chi connectivity index (χ4v) is 3.41. The number of halogens is 4. The molecule has 0 radical (unpaired) electrons. The van der Waals surface area contributed by atoms with Crippen molar-refractivity contribution in [1.82, 2.24) is 4.98 Å². The van der Waals surface area contributed by atoms with E-state index in [4.69, 9.17) is 11.6 Å². The van der Waals surface area contributed by atoms with E-state index in [1.165, 1.54) is 0 Å². The standard InChI is InChI=1S/C19H19ClF3N3O/c1-12-4-2-3-5-16(12)25-18(27)13-6-8-26(9-7-13)17-15(20)10-14(11-24-17)19(21,22)23/h2-5,10-11,13H,6-9H2,1H3,(H,25,27). The van der Waals surface area contributed by atoms with Crippen LogP contribution in [0.2, 0.25) is 5.02 Å². The molecule has 0 atom stereocenters. The number of nitrogens with zero attached hydrogens (tertiary/aromatic N) is 2. The number of piperidine rings is 1. The first kappa shape index (κ1) is 19.5. The number of carbonyl (C=O) groups is 1. The Hall–Kier alpha value is -2.28. The Balaban J connectivity index is 1.62. The molecule has 144 valence electrons. The molecule has 1 aromatic heterocycles. The Morgan fingerprint density at radius 1 is 1.26 bits per heavy atom. The molecule has 8 heteroatoms. The molecule has 3 rings (SSSR count). The molecule has 2 aromatic rings. The van der Waals surface area contributed by atoms with Crippen molar-refractivity contribution in [3.8, 4) is 0 Å². The molecule has 2 heterocycles. The summed E-state index contributed by atoms with van der Waals surface area (Å²) in [5.41, 5.74) is 0.908. The van der Waals surface area contributed by atoms with Crippen LogP contribution in [0.15, 0.2) is 36.5 Å². The van der Waals surface area contributed by atoms with Gasteiger partial charge in [0.15, 0.2) is 0 Å². The van der Waals surface area contributed by atoms with Gasteiger partial charge in [-0.15, -0.1) is 0 Å². The Morgan fingerprint density at radius 3 is 2.52 bits per heavy atom. The molecular weight excluding hydrogens is 379 g/mol. The lowest BCUT2D eigenvalue weighted by molar-refractivity contribution is -0.137. The van der Waals surface area contributed by atoms with Gasteiger partial charge < -0.3 is 10.2 Å². The number of para-hydroxylation sites is 1. The second-order valence-corrected chi connectivity index (χ2v) is 7.00. The molecule has 1 aliphatic heterocycles. The number of benzene rings is 1. The minimum absolute atomic E-state index is 0.0346. The van der Waals surface area contributed by atoms with E-state index in [0.29, 0.717) is 31.7 Å². The van der Waals surface area contributed by atoms with Crippen molar-refractivity contribution in [1.29, 1.82) is 0 Å². The predicted molar refractivity (Wildman–Crippen MR) is 99.0 cm³/mol. The second kappa shape index (κ2) is 7.76. The fourth-order valence-electron chi connectivity index (χ4n) is 3.12. The first-order valence-electron chi connectivity index (χ1n) is 8.60. The van der Waals surface area contributed by atoms with E-state index in [0.717, 1.165) is 23.5 Å². The smallest absolute Gasteiger partial charge is 0.355 e. The van der Waals surface area contributed by atoms with Crippen LogP contribution < -0.4 is 10.2 Å². The van der Waals surface area contributed by atoms with Crippen LogP contribution in [0.5, 0.6) is 0 Å². The van der Waals surface area contributed by atoms with Crippen molar-refractivity contribution in [3.63, 3.8) is 0 Å². The number of aromatic nitrogens is 1. The number of anilines is 2. The molecule has 1 aliphatic rings. The summed E-state index contributed by atoms with van der Waals surface area (Å²) in [7, 11) is 0. The average molecular weight is 398 g/mol. The number of rotatable bonds is 3. The Bertz CT molecular complexity index is 833. The van der Waals surface area contributed by atoms with Gasteiger partial charge in [-0.2, -0.15) is 13.2 Å². The van der Waals surface area contributed by atoms with Crippen LogP contribution in [0, 0.1) is 12.8 Å². The van der Waals surface area contributed by atoms with Crippen LogP contribution in [-0.2, 0) is 11.0 Å². The molecule has 1 amide bonds. The highest BCUT2D eigenvalue weighted by Crippen LogP contribution is 2.34. The van der Waals surface area contributed by atoms with Crippen molar-refractivity contribution in [2.24, 2.45) is 5.92 Å². The van der Waals surface area contributed by atoms with E-state index in [-0.39, 0.29) is 16.8 Å². The first-order chi connectivity index (χ1) is 12.8. The number of pyridine rings is 1. The maximum atomic E-state index is 12.7. The zero-order valence-electron chi connectivity index (χ0n) is 14.7. The van der Waals surface area contributed by atoms with Gasteiger partial charge in [0.25, 0.3) is 0 Å². The van der Waals surface area contributed by atoms with Crippen molar-refractivity contribution in [2.75, 3.05) is 23.3 Å². The molecule has 1 aromatic carbocycles. The highest BCUT2D eigenvalue weighted by molar-refractivity contribution is 6.33. The third kappa shape index (κ3) is 4.53. The number of nitrogens with one attached hydrogen (secondary N) is 1. The largest absolute Gasteiger partial charge is 0.417 e. The summed E-state index contributed by atoms with van der Waals surface area (Å²) >= 11 is 6.01. The third-order valence-electron chi connectivity index (χ3n) is 4.72. The van der Waals surface area contributed by atoms with Gasteiger partial charge >= 0.3 is 6.18 Å². The zero-order chi connectivity index (χ0) is 19.6. The summed E-state index contributed by atoms with van der Waals surface area (Å²) in [6, 6.07) is 8.44. The average Bonchev–Trinajstić information content (AvgIpc) is 2.63. The summed E-state index contributed by atoms with van der Waals surface area (Å²) in [6.45, 7) is 2.93. The van der Waals surface area contributed by atoms with E-state index in [1.54, 1.807) is 0 Å². The first-order valence-corrected chi connectivity index (χ1v) is 8.97. The number of carbonyl (C=O) groups excluding carboxylic acids is 1. The van der Waals surface area contributed by atoms with Crippen LogP contribution in [0.25, 0.3) is 0 Å². The molecule has 0 unspecified atom stereocenters. The molecule has 0 saturated carbocycles. The van der Waals surface area contributed by atoms with Crippen molar-refractivity contribution in [2.45, 2.75) is 25.9 Å². The molecule has 1 N–H and O–H groups in total. The molecule has 0 bridgehead atoms. The topological polar surface area (TPSA) is 45.2 Å². The number of amides is 1. The van der Waals surface area contributed by atoms with Gasteiger partial charge in [-0.3, -0.25) is 4.79 Å². The molecular formula is C19H19ClF3N3O. The third-order valence-corrected chi connectivity index (χ3v) is 5.00. The van der Waals surface area contributed by atoms with Crippen molar-refractivity contribution < 1.29 is 18.0 Å². The van der Waals surface area contributed by atoms with E-state index < -0.39 is 11.7 Å². The zero-order valence-corrected chi connectivity index (χ0v) is 15.4. The fraction of sp³-hybridized carbons (Fsp3) is 0.368. The van der Waals surface area contributed by atoms with E-state index in [9.17, 15) is 18.0 Å². The molecule has 4 nitrogen and oxygen atoms in total. The minimum atomic E-state index is -4.48. The Kier molecular flexibility index (Phi) is 5.60. The predicted octanol–water partition coefficient (Wildman–Crippen LogP) is 4.92. The quantitative estimate of drug-likeness (QED) is 0.799. The van der Waals surface area contributed by atoms with Gasteiger partial charge in [-0.05, 0) is 37.5 Å². The number of alkyl halides is 3. The summed E-state index contributed by atoms with van der Waals surface area (Å²) in [5.74, 6) is 0.118. The highest BCUT2D eigenvalue weighted by atomic mass is 35.5. The number of aryl methyl sites for hydroxylation is 1. The van der Waals surface area contributed by atoms with Crippen LogP contribution in [0.1, 0.15) is 24.0 Å². The van der Waals surface area contributed by atoms with Crippen molar-refractivity contribution >= 4 is 29.0 Å². The lowest BCUT2D eigenvalue weighted by atomic mass is 9.95. The van der Waals surface area contributed by atoms with Gasteiger partial charge in [-0.25, -0.2) is 4.98 Å².